The van der Waals surface area contributed by atoms with Crippen LogP contribution in [-0.2, 0) is 16.7 Å². The van der Waals surface area contributed by atoms with Crippen molar-refractivity contribution in [1.29, 1.82) is 0 Å². The molecule has 1 aromatic rings. The predicted octanol–water partition coefficient (Wildman–Crippen LogP) is 2.96. The van der Waals surface area contributed by atoms with E-state index in [1.54, 1.807) is 25.1 Å². The van der Waals surface area contributed by atoms with Crippen molar-refractivity contribution in [2.75, 3.05) is 5.75 Å². The summed E-state index contributed by atoms with van der Waals surface area (Å²) in [6, 6.07) is 5.27. The molecule has 1 atom stereocenters. The number of nitrogens with one attached hydrogen (secondary N) is 1. The fourth-order valence-electron chi connectivity index (χ4n) is 1.39. The zero-order chi connectivity index (χ0) is 14.5. The first-order valence-corrected chi connectivity index (χ1v) is 8.27. The Morgan fingerprint density at radius 2 is 2.05 bits per heavy atom. The molecule has 1 aromatic carbocycles. The summed E-state index contributed by atoms with van der Waals surface area (Å²) in [4.78, 5) is 0. The molecule has 0 aliphatic rings. The molecule has 0 amide bonds. The van der Waals surface area contributed by atoms with Gasteiger partial charge in [-0.2, -0.15) is 8.42 Å². The number of hydrogen-bond acceptors (Lipinski definition) is 4. The van der Waals surface area contributed by atoms with Gasteiger partial charge in [-0.15, -0.1) is 0 Å². The van der Waals surface area contributed by atoms with E-state index in [4.69, 9.17) is 15.8 Å². The third-order valence-corrected chi connectivity index (χ3v) is 4.22. The van der Waals surface area contributed by atoms with Crippen LogP contribution in [-0.4, -0.2) is 20.2 Å². The van der Waals surface area contributed by atoms with Crippen molar-refractivity contribution in [2.45, 2.75) is 39.8 Å². The molecule has 0 aliphatic carbocycles. The quantitative estimate of drug-likeness (QED) is 0.787. The largest absolute Gasteiger partial charge is 0.382 e. The molecule has 19 heavy (non-hydrogen) atoms. The van der Waals surface area contributed by atoms with Gasteiger partial charge in [-0.3, -0.25) is 0 Å². The highest BCUT2D eigenvalue weighted by atomic mass is 35.5. The molecule has 4 nitrogen and oxygen atoms in total. The van der Waals surface area contributed by atoms with Crippen molar-refractivity contribution in [2.24, 2.45) is 0 Å². The average molecular weight is 306 g/mol. The molecule has 0 saturated carbocycles. The maximum atomic E-state index is 11.5. The van der Waals surface area contributed by atoms with Crippen LogP contribution in [0.15, 0.2) is 18.2 Å². The van der Waals surface area contributed by atoms with Crippen LogP contribution in [0, 0.1) is 0 Å². The summed E-state index contributed by atoms with van der Waals surface area (Å²) >= 11 is 5.94. The van der Waals surface area contributed by atoms with Crippen molar-refractivity contribution in [3.8, 4) is 5.75 Å². The number of hydrogen-bond donors (Lipinski definition) is 1. The zero-order valence-electron chi connectivity index (χ0n) is 11.4. The molecule has 0 saturated heterocycles. The normalized spacial score (nSPS) is 13.3. The van der Waals surface area contributed by atoms with Gasteiger partial charge >= 0.3 is 10.1 Å². The van der Waals surface area contributed by atoms with Crippen molar-refractivity contribution in [3.63, 3.8) is 0 Å². The lowest BCUT2D eigenvalue weighted by Crippen LogP contribution is -2.25. The summed E-state index contributed by atoms with van der Waals surface area (Å²) < 4.78 is 28.1. The first-order valence-electron chi connectivity index (χ1n) is 6.32. The number of rotatable bonds is 7. The van der Waals surface area contributed by atoms with Crippen molar-refractivity contribution < 1.29 is 12.6 Å². The maximum absolute atomic E-state index is 11.5. The summed E-state index contributed by atoms with van der Waals surface area (Å²) in [7, 11) is -3.52. The Morgan fingerprint density at radius 1 is 1.37 bits per heavy atom. The topological polar surface area (TPSA) is 55.4 Å². The smallest absolute Gasteiger partial charge is 0.308 e. The third kappa shape index (κ3) is 5.38. The summed E-state index contributed by atoms with van der Waals surface area (Å²) in [6.45, 7) is 6.20. The molecular formula is C13H20ClNO3S. The van der Waals surface area contributed by atoms with Crippen LogP contribution < -0.4 is 9.50 Å². The Bertz CT molecular complexity index is 517. The van der Waals surface area contributed by atoms with E-state index in [0.29, 0.717) is 23.4 Å². The van der Waals surface area contributed by atoms with Gasteiger partial charge in [0.05, 0.1) is 5.75 Å². The van der Waals surface area contributed by atoms with E-state index in [1.807, 2.05) is 0 Å². The van der Waals surface area contributed by atoms with Gasteiger partial charge in [0.25, 0.3) is 0 Å². The van der Waals surface area contributed by atoms with Crippen molar-refractivity contribution in [1.82, 2.24) is 5.32 Å². The van der Waals surface area contributed by atoms with Gasteiger partial charge in [0.1, 0.15) is 5.75 Å². The maximum Gasteiger partial charge on any atom is 0.308 e. The Hall–Kier alpha value is -0.780. The van der Waals surface area contributed by atoms with Crippen LogP contribution in [0.4, 0.5) is 0 Å². The molecule has 0 spiro atoms. The Morgan fingerprint density at radius 3 is 2.63 bits per heavy atom. The highest BCUT2D eigenvalue weighted by molar-refractivity contribution is 7.87. The second kappa shape index (κ2) is 7.12. The summed E-state index contributed by atoms with van der Waals surface area (Å²) in [5, 5.41) is 3.84. The lowest BCUT2D eigenvalue weighted by Gasteiger charge is -2.14. The van der Waals surface area contributed by atoms with Gasteiger partial charge in [-0.05, 0) is 38.5 Å². The molecule has 108 valence electrons. The number of halogens is 1. The van der Waals surface area contributed by atoms with E-state index in [2.05, 4.69) is 19.2 Å². The van der Waals surface area contributed by atoms with E-state index >= 15 is 0 Å². The van der Waals surface area contributed by atoms with E-state index < -0.39 is 10.1 Å². The molecule has 1 unspecified atom stereocenters. The first kappa shape index (κ1) is 16.3. The SMILES string of the molecule is CCC(C)NCc1cc(Cl)ccc1OS(=O)(=O)CC. The predicted molar refractivity (Wildman–Crippen MR) is 78.1 cm³/mol. The second-order valence-corrected chi connectivity index (χ2v) is 6.67. The lowest BCUT2D eigenvalue weighted by molar-refractivity contribution is 0.477. The molecular weight excluding hydrogens is 286 g/mol. The second-order valence-electron chi connectivity index (χ2n) is 4.37. The van der Waals surface area contributed by atoms with Crippen LogP contribution in [0.2, 0.25) is 5.02 Å². The summed E-state index contributed by atoms with van der Waals surface area (Å²) in [5.41, 5.74) is 0.741. The molecule has 0 bridgehead atoms. The van der Waals surface area contributed by atoms with Crippen LogP contribution in [0.3, 0.4) is 0 Å². The van der Waals surface area contributed by atoms with Gasteiger partial charge in [0.15, 0.2) is 0 Å². The van der Waals surface area contributed by atoms with Gasteiger partial charge < -0.3 is 9.50 Å². The fourth-order valence-corrected chi connectivity index (χ4v) is 2.14. The van der Waals surface area contributed by atoms with Crippen LogP contribution in [0.5, 0.6) is 5.75 Å². The van der Waals surface area contributed by atoms with E-state index in [1.165, 1.54) is 0 Å². The molecule has 0 fully saturated rings. The highest BCUT2D eigenvalue weighted by Gasteiger charge is 2.13. The molecule has 0 aromatic heterocycles. The van der Waals surface area contributed by atoms with Gasteiger partial charge in [-0.25, -0.2) is 0 Å². The molecule has 1 rings (SSSR count). The van der Waals surface area contributed by atoms with Crippen LogP contribution >= 0.6 is 11.6 Å². The molecule has 0 heterocycles. The minimum atomic E-state index is -3.52. The minimum Gasteiger partial charge on any atom is -0.382 e. The monoisotopic (exact) mass is 305 g/mol. The summed E-state index contributed by atoms with van der Waals surface area (Å²) in [5.74, 6) is 0.274. The van der Waals surface area contributed by atoms with E-state index in [-0.39, 0.29) is 5.75 Å². The Balaban J connectivity index is 2.91. The molecule has 0 aliphatic heterocycles. The lowest BCUT2D eigenvalue weighted by atomic mass is 10.2. The average Bonchev–Trinajstić information content (AvgIpc) is 2.38. The van der Waals surface area contributed by atoms with Crippen LogP contribution in [0.25, 0.3) is 0 Å². The minimum absolute atomic E-state index is 0.0616. The fraction of sp³-hybridized carbons (Fsp3) is 0.538. The molecule has 6 heteroatoms. The zero-order valence-corrected chi connectivity index (χ0v) is 13.0. The summed E-state index contributed by atoms with van der Waals surface area (Å²) in [6.07, 6.45) is 0.990. The van der Waals surface area contributed by atoms with E-state index in [0.717, 1.165) is 12.0 Å². The number of benzene rings is 1. The Labute approximate surface area is 120 Å². The Kier molecular flexibility index (Phi) is 6.10. The third-order valence-electron chi connectivity index (χ3n) is 2.85. The standard InChI is InChI=1S/C13H20ClNO3S/c1-4-10(3)15-9-11-8-12(14)6-7-13(11)18-19(16,17)5-2/h6-8,10,15H,4-5,9H2,1-3H3. The van der Waals surface area contributed by atoms with Crippen molar-refractivity contribution >= 4 is 21.7 Å². The van der Waals surface area contributed by atoms with Crippen molar-refractivity contribution in [3.05, 3.63) is 28.8 Å². The van der Waals surface area contributed by atoms with E-state index in [9.17, 15) is 8.42 Å². The highest BCUT2D eigenvalue weighted by Crippen LogP contribution is 2.24. The van der Waals surface area contributed by atoms with Gasteiger partial charge in [0.2, 0.25) is 0 Å². The molecule has 0 radical (unpaired) electrons. The van der Waals surface area contributed by atoms with Gasteiger partial charge in [0, 0.05) is 23.2 Å². The van der Waals surface area contributed by atoms with Gasteiger partial charge in [-0.1, -0.05) is 18.5 Å². The molecule has 1 N–H and O–H groups in total. The first-order chi connectivity index (χ1) is 8.88. The van der Waals surface area contributed by atoms with Crippen LogP contribution in [0.1, 0.15) is 32.8 Å².